The third kappa shape index (κ3) is 4.82. The van der Waals surface area contributed by atoms with E-state index in [1.165, 1.54) is 6.34 Å². The van der Waals surface area contributed by atoms with Crippen LogP contribution < -0.4 is 15.0 Å². The molecule has 2 aliphatic rings. The molecular formula is C28H31F2N7O. The van der Waals surface area contributed by atoms with Gasteiger partial charge in [-0.3, -0.25) is 0 Å². The standard InChI is InChI=1S/C28H31F2N7O/c1-4-35-10-12-36(13-11-35)20-8-6-19(7-9-20)34-27-22(16-31)28(33-17-32-27)38-24-15-23(29)26-21(25(24)30)14-18(3)37(26)5-2/h6-9,14-15,17,22,28H,4-5,10-13H2,1-3H3,(H,32,33,34). The summed E-state index contributed by atoms with van der Waals surface area (Å²) in [6.07, 6.45) is 0.183. The SMILES string of the molecule is CCN1CCN(c2ccc(NC3=NC=NC(Oc4cc(F)c5c(cc(C)n5CC)c4F)C3C#N)cc2)CC1. The van der Waals surface area contributed by atoms with E-state index in [0.717, 1.165) is 55.9 Å². The average Bonchev–Trinajstić information content (AvgIpc) is 3.29. The smallest absolute Gasteiger partial charge is 0.214 e. The van der Waals surface area contributed by atoms with Crippen LogP contribution in [0.1, 0.15) is 19.5 Å². The summed E-state index contributed by atoms with van der Waals surface area (Å²) in [5.74, 6) is -2.19. The molecule has 1 saturated heterocycles. The fourth-order valence-electron chi connectivity index (χ4n) is 5.13. The third-order valence-corrected chi connectivity index (χ3v) is 7.26. The Hall–Kier alpha value is -3.97. The molecular weight excluding hydrogens is 488 g/mol. The number of nitriles is 1. The number of nitrogens with zero attached hydrogens (tertiary/aromatic N) is 6. The number of nitrogens with one attached hydrogen (secondary N) is 1. The molecule has 0 amide bonds. The fourth-order valence-corrected chi connectivity index (χ4v) is 5.13. The van der Waals surface area contributed by atoms with Crippen molar-refractivity contribution in [3.8, 4) is 11.8 Å². The Labute approximate surface area is 220 Å². The molecule has 0 bridgehead atoms. The van der Waals surface area contributed by atoms with Crippen molar-refractivity contribution in [2.45, 2.75) is 33.5 Å². The van der Waals surface area contributed by atoms with Gasteiger partial charge in [-0.15, -0.1) is 0 Å². The maximum Gasteiger partial charge on any atom is 0.214 e. The first-order valence-corrected chi connectivity index (χ1v) is 12.9. The average molecular weight is 520 g/mol. The Morgan fingerprint density at radius 1 is 1.08 bits per heavy atom. The number of fused-ring (bicyclic) bond motifs is 1. The minimum atomic E-state index is -1.09. The van der Waals surface area contributed by atoms with Gasteiger partial charge in [0.25, 0.3) is 0 Å². The number of rotatable bonds is 6. The molecule has 0 radical (unpaired) electrons. The number of halogens is 2. The normalized spacial score (nSPS) is 19.9. The van der Waals surface area contributed by atoms with E-state index in [2.05, 4.69) is 38.1 Å². The summed E-state index contributed by atoms with van der Waals surface area (Å²) in [5.41, 5.74) is 2.83. The van der Waals surface area contributed by atoms with Gasteiger partial charge < -0.3 is 24.4 Å². The lowest BCUT2D eigenvalue weighted by molar-refractivity contribution is 0.185. The van der Waals surface area contributed by atoms with E-state index in [-0.39, 0.29) is 16.7 Å². The Kier molecular flexibility index (Phi) is 7.29. The summed E-state index contributed by atoms with van der Waals surface area (Å²) in [6.45, 7) is 11.5. The first-order valence-electron chi connectivity index (χ1n) is 12.9. The highest BCUT2D eigenvalue weighted by Gasteiger charge is 2.32. The summed E-state index contributed by atoms with van der Waals surface area (Å²) >= 11 is 0. The first-order chi connectivity index (χ1) is 18.4. The fraction of sp³-hybridized carbons (Fsp3) is 0.393. The number of likely N-dealkylation sites (N-methyl/N-ethyl adjacent to an activating group) is 1. The molecule has 5 rings (SSSR count). The second kappa shape index (κ2) is 10.8. The molecule has 3 heterocycles. The van der Waals surface area contributed by atoms with Gasteiger partial charge in [-0.1, -0.05) is 6.92 Å². The second-order valence-corrected chi connectivity index (χ2v) is 9.45. The van der Waals surface area contributed by atoms with Crippen LogP contribution in [0.2, 0.25) is 0 Å². The van der Waals surface area contributed by atoms with E-state index in [1.807, 2.05) is 31.2 Å². The lowest BCUT2D eigenvalue weighted by atomic mass is 10.1. The van der Waals surface area contributed by atoms with Crippen LogP contribution in [-0.2, 0) is 6.54 Å². The molecule has 3 aromatic rings. The second-order valence-electron chi connectivity index (χ2n) is 9.45. The summed E-state index contributed by atoms with van der Waals surface area (Å²) in [6, 6.07) is 12.7. The maximum atomic E-state index is 15.3. The number of aryl methyl sites for hydroxylation is 2. The number of aliphatic imine (C=N–C) groups is 2. The zero-order chi connectivity index (χ0) is 26.8. The Bertz CT molecular complexity index is 1420. The number of hydrogen-bond acceptors (Lipinski definition) is 7. The summed E-state index contributed by atoms with van der Waals surface area (Å²) in [7, 11) is 0. The maximum absolute atomic E-state index is 15.3. The van der Waals surface area contributed by atoms with Crippen molar-refractivity contribution in [2.75, 3.05) is 42.9 Å². The van der Waals surface area contributed by atoms with E-state index in [4.69, 9.17) is 4.74 Å². The predicted molar refractivity (Wildman–Crippen MR) is 146 cm³/mol. The van der Waals surface area contributed by atoms with Crippen molar-refractivity contribution < 1.29 is 13.5 Å². The molecule has 2 aromatic carbocycles. The van der Waals surface area contributed by atoms with Crippen molar-refractivity contribution in [3.05, 3.63) is 53.7 Å². The number of benzene rings is 2. The molecule has 1 aromatic heterocycles. The van der Waals surface area contributed by atoms with Crippen LogP contribution in [-0.4, -0.2) is 60.6 Å². The van der Waals surface area contributed by atoms with Gasteiger partial charge in [0.15, 0.2) is 23.3 Å². The van der Waals surface area contributed by atoms with Crippen molar-refractivity contribution in [1.82, 2.24) is 9.47 Å². The van der Waals surface area contributed by atoms with Crippen LogP contribution in [0, 0.1) is 35.8 Å². The van der Waals surface area contributed by atoms with Gasteiger partial charge in [-0.2, -0.15) is 5.26 Å². The Morgan fingerprint density at radius 2 is 1.82 bits per heavy atom. The number of aromatic nitrogens is 1. The monoisotopic (exact) mass is 519 g/mol. The zero-order valence-electron chi connectivity index (χ0n) is 21.8. The number of hydrogen-bond donors (Lipinski definition) is 1. The van der Waals surface area contributed by atoms with Crippen LogP contribution in [0.3, 0.4) is 0 Å². The van der Waals surface area contributed by atoms with E-state index in [0.29, 0.717) is 12.4 Å². The van der Waals surface area contributed by atoms with Gasteiger partial charge >= 0.3 is 0 Å². The molecule has 0 saturated carbocycles. The van der Waals surface area contributed by atoms with Crippen molar-refractivity contribution >= 4 is 34.5 Å². The predicted octanol–water partition coefficient (Wildman–Crippen LogP) is 4.79. The zero-order valence-corrected chi connectivity index (χ0v) is 21.8. The van der Waals surface area contributed by atoms with E-state index in [9.17, 15) is 9.65 Å². The largest absolute Gasteiger partial charge is 0.464 e. The van der Waals surface area contributed by atoms with Crippen molar-refractivity contribution in [1.29, 1.82) is 5.26 Å². The van der Waals surface area contributed by atoms with Crippen LogP contribution in [0.15, 0.2) is 46.4 Å². The molecule has 1 N–H and O–H groups in total. The lowest BCUT2D eigenvalue weighted by Crippen LogP contribution is -2.46. The third-order valence-electron chi connectivity index (χ3n) is 7.26. The van der Waals surface area contributed by atoms with Crippen LogP contribution in [0.25, 0.3) is 10.9 Å². The van der Waals surface area contributed by atoms with Crippen LogP contribution in [0.5, 0.6) is 5.75 Å². The highest BCUT2D eigenvalue weighted by molar-refractivity contribution is 6.03. The van der Waals surface area contributed by atoms with Gasteiger partial charge in [0, 0.05) is 61.2 Å². The number of anilines is 2. The molecule has 38 heavy (non-hydrogen) atoms. The van der Waals surface area contributed by atoms with Gasteiger partial charge in [0.05, 0.1) is 11.6 Å². The van der Waals surface area contributed by atoms with E-state index < -0.39 is 23.8 Å². The molecule has 10 heteroatoms. The van der Waals surface area contributed by atoms with Crippen LogP contribution >= 0.6 is 0 Å². The van der Waals surface area contributed by atoms with E-state index in [1.54, 1.807) is 17.6 Å². The molecule has 1 fully saturated rings. The Balaban J connectivity index is 1.31. The van der Waals surface area contributed by atoms with Crippen molar-refractivity contribution in [2.24, 2.45) is 15.9 Å². The molecule has 198 valence electrons. The highest BCUT2D eigenvalue weighted by Crippen LogP contribution is 2.33. The topological polar surface area (TPSA) is 81.2 Å². The summed E-state index contributed by atoms with van der Waals surface area (Å²) in [4.78, 5) is 13.2. The number of piperazine rings is 1. The van der Waals surface area contributed by atoms with E-state index >= 15 is 4.39 Å². The molecule has 0 spiro atoms. The minimum absolute atomic E-state index is 0.135. The van der Waals surface area contributed by atoms with Gasteiger partial charge in [-0.25, -0.2) is 18.8 Å². The Morgan fingerprint density at radius 3 is 2.47 bits per heavy atom. The highest BCUT2D eigenvalue weighted by atomic mass is 19.1. The molecule has 8 nitrogen and oxygen atoms in total. The molecule has 0 aliphatic carbocycles. The lowest BCUT2D eigenvalue weighted by Gasteiger charge is -2.35. The molecule has 2 aliphatic heterocycles. The minimum Gasteiger partial charge on any atom is -0.464 e. The molecule has 2 unspecified atom stereocenters. The first kappa shape index (κ1) is 25.7. The summed E-state index contributed by atoms with van der Waals surface area (Å²) in [5, 5.41) is 13.2. The number of amidine groups is 1. The van der Waals surface area contributed by atoms with Crippen molar-refractivity contribution in [3.63, 3.8) is 0 Å². The molecule has 2 atom stereocenters. The number of ether oxygens (including phenoxy) is 1. The quantitative estimate of drug-likeness (QED) is 0.507. The summed E-state index contributed by atoms with van der Waals surface area (Å²) < 4.78 is 37.8. The van der Waals surface area contributed by atoms with Crippen LogP contribution in [0.4, 0.5) is 20.2 Å². The van der Waals surface area contributed by atoms with Gasteiger partial charge in [0.2, 0.25) is 6.23 Å². The van der Waals surface area contributed by atoms with Gasteiger partial charge in [-0.05, 0) is 50.7 Å². The van der Waals surface area contributed by atoms with Gasteiger partial charge in [0.1, 0.15) is 12.2 Å².